The highest BCUT2D eigenvalue weighted by molar-refractivity contribution is 5.50. The molecular formula is C13H23N5. The van der Waals surface area contributed by atoms with Gasteiger partial charge in [-0.2, -0.15) is 9.97 Å². The predicted molar refractivity (Wildman–Crippen MR) is 75.7 cm³/mol. The van der Waals surface area contributed by atoms with Crippen molar-refractivity contribution in [2.75, 3.05) is 29.5 Å². The van der Waals surface area contributed by atoms with Crippen LogP contribution in [0.2, 0.25) is 0 Å². The first-order valence-corrected chi connectivity index (χ1v) is 6.90. The van der Waals surface area contributed by atoms with E-state index in [1.165, 1.54) is 25.7 Å². The van der Waals surface area contributed by atoms with Gasteiger partial charge in [-0.15, -0.1) is 0 Å². The molecule has 5 heteroatoms. The van der Waals surface area contributed by atoms with Gasteiger partial charge in [-0.3, -0.25) is 0 Å². The van der Waals surface area contributed by atoms with Gasteiger partial charge in [-0.05, 0) is 25.2 Å². The van der Waals surface area contributed by atoms with Crippen LogP contribution >= 0.6 is 0 Å². The Kier molecular flexibility index (Phi) is 4.61. The first kappa shape index (κ1) is 12.9. The Labute approximate surface area is 109 Å². The molecule has 100 valence electrons. The van der Waals surface area contributed by atoms with Crippen molar-refractivity contribution in [3.05, 3.63) is 6.07 Å². The largest absolute Gasteiger partial charge is 0.370 e. The van der Waals surface area contributed by atoms with Gasteiger partial charge in [0.1, 0.15) is 11.6 Å². The molecule has 18 heavy (non-hydrogen) atoms. The van der Waals surface area contributed by atoms with Crippen molar-refractivity contribution < 1.29 is 0 Å². The number of rotatable bonds is 6. The first-order chi connectivity index (χ1) is 8.78. The minimum atomic E-state index is 0.324. The Balaban J connectivity index is 1.91. The lowest BCUT2D eigenvalue weighted by Crippen LogP contribution is -2.13. The SMILES string of the molecule is CCCNc1cc(NCC2CCCC2)nc(N)n1. The Morgan fingerprint density at radius 2 is 1.89 bits per heavy atom. The number of anilines is 3. The molecule has 0 spiro atoms. The second-order valence-electron chi connectivity index (χ2n) is 4.95. The van der Waals surface area contributed by atoms with E-state index in [0.29, 0.717) is 5.95 Å². The first-order valence-electron chi connectivity index (χ1n) is 6.90. The lowest BCUT2D eigenvalue weighted by atomic mass is 10.1. The van der Waals surface area contributed by atoms with Gasteiger partial charge in [0.2, 0.25) is 5.95 Å². The Hall–Kier alpha value is -1.52. The molecule has 0 saturated heterocycles. The molecule has 5 nitrogen and oxygen atoms in total. The van der Waals surface area contributed by atoms with Crippen LogP contribution in [0, 0.1) is 5.92 Å². The highest BCUT2D eigenvalue weighted by atomic mass is 15.1. The summed E-state index contributed by atoms with van der Waals surface area (Å²) in [7, 11) is 0. The van der Waals surface area contributed by atoms with E-state index in [2.05, 4.69) is 27.5 Å². The quantitative estimate of drug-likeness (QED) is 0.722. The molecule has 1 fully saturated rings. The van der Waals surface area contributed by atoms with Crippen molar-refractivity contribution in [1.29, 1.82) is 0 Å². The lowest BCUT2D eigenvalue weighted by molar-refractivity contribution is 0.579. The number of nitrogens with two attached hydrogens (primary N) is 1. The number of hydrogen-bond acceptors (Lipinski definition) is 5. The molecule has 1 aliphatic carbocycles. The predicted octanol–water partition coefficient (Wildman–Crippen LogP) is 2.48. The molecule has 0 unspecified atom stereocenters. The molecule has 0 radical (unpaired) electrons. The summed E-state index contributed by atoms with van der Waals surface area (Å²) in [5.74, 6) is 2.74. The van der Waals surface area contributed by atoms with Crippen LogP contribution in [-0.4, -0.2) is 23.1 Å². The van der Waals surface area contributed by atoms with Gasteiger partial charge in [0.25, 0.3) is 0 Å². The summed E-state index contributed by atoms with van der Waals surface area (Å²) in [6.07, 6.45) is 6.45. The molecule has 4 N–H and O–H groups in total. The summed E-state index contributed by atoms with van der Waals surface area (Å²) in [5, 5.41) is 6.61. The number of hydrogen-bond donors (Lipinski definition) is 3. The monoisotopic (exact) mass is 249 g/mol. The van der Waals surface area contributed by atoms with Crippen molar-refractivity contribution in [3.8, 4) is 0 Å². The van der Waals surface area contributed by atoms with Crippen LogP contribution in [0.4, 0.5) is 17.6 Å². The summed E-state index contributed by atoms with van der Waals surface area (Å²) in [6.45, 7) is 4.01. The van der Waals surface area contributed by atoms with E-state index in [1.807, 2.05) is 6.07 Å². The van der Waals surface area contributed by atoms with E-state index in [1.54, 1.807) is 0 Å². The smallest absolute Gasteiger partial charge is 0.223 e. The highest BCUT2D eigenvalue weighted by Crippen LogP contribution is 2.25. The number of nitrogens with one attached hydrogen (secondary N) is 2. The molecule has 0 aromatic carbocycles. The van der Waals surface area contributed by atoms with Gasteiger partial charge in [0.15, 0.2) is 0 Å². The molecule has 0 aliphatic heterocycles. The van der Waals surface area contributed by atoms with Gasteiger partial charge >= 0.3 is 0 Å². The minimum Gasteiger partial charge on any atom is -0.370 e. The van der Waals surface area contributed by atoms with Gasteiger partial charge in [0, 0.05) is 19.2 Å². The molecule has 1 aliphatic rings. The molecule has 2 rings (SSSR count). The minimum absolute atomic E-state index is 0.324. The van der Waals surface area contributed by atoms with Gasteiger partial charge < -0.3 is 16.4 Å². The maximum absolute atomic E-state index is 5.71. The van der Waals surface area contributed by atoms with E-state index >= 15 is 0 Å². The zero-order valence-corrected chi connectivity index (χ0v) is 11.1. The lowest BCUT2D eigenvalue weighted by Gasteiger charge is -2.12. The second kappa shape index (κ2) is 6.42. The molecule has 1 heterocycles. The molecule has 0 amide bonds. The van der Waals surface area contributed by atoms with Crippen LogP contribution in [0.3, 0.4) is 0 Å². The summed E-state index contributed by atoms with van der Waals surface area (Å²) < 4.78 is 0. The van der Waals surface area contributed by atoms with E-state index in [9.17, 15) is 0 Å². The Morgan fingerprint density at radius 1 is 1.22 bits per heavy atom. The normalized spacial score (nSPS) is 15.8. The highest BCUT2D eigenvalue weighted by Gasteiger charge is 2.14. The fourth-order valence-corrected chi connectivity index (χ4v) is 2.36. The molecular weight excluding hydrogens is 226 g/mol. The van der Waals surface area contributed by atoms with Gasteiger partial charge in [0.05, 0.1) is 0 Å². The fourth-order valence-electron chi connectivity index (χ4n) is 2.36. The van der Waals surface area contributed by atoms with Crippen LogP contribution in [-0.2, 0) is 0 Å². The zero-order valence-electron chi connectivity index (χ0n) is 11.1. The van der Waals surface area contributed by atoms with Crippen molar-refractivity contribution in [1.82, 2.24) is 9.97 Å². The summed E-state index contributed by atoms with van der Waals surface area (Å²) in [4.78, 5) is 8.39. The van der Waals surface area contributed by atoms with E-state index in [0.717, 1.165) is 37.1 Å². The van der Waals surface area contributed by atoms with Gasteiger partial charge in [-0.25, -0.2) is 0 Å². The van der Waals surface area contributed by atoms with Crippen molar-refractivity contribution in [3.63, 3.8) is 0 Å². The molecule has 0 bridgehead atoms. The van der Waals surface area contributed by atoms with E-state index < -0.39 is 0 Å². The molecule has 1 saturated carbocycles. The topological polar surface area (TPSA) is 75.9 Å². The summed E-state index contributed by atoms with van der Waals surface area (Å²) in [6, 6.07) is 1.93. The van der Waals surface area contributed by atoms with Crippen LogP contribution in [0.15, 0.2) is 6.07 Å². The molecule has 1 aromatic rings. The van der Waals surface area contributed by atoms with E-state index in [-0.39, 0.29) is 0 Å². The summed E-state index contributed by atoms with van der Waals surface area (Å²) >= 11 is 0. The average molecular weight is 249 g/mol. The Bertz CT molecular complexity index is 374. The molecule has 0 atom stereocenters. The van der Waals surface area contributed by atoms with Crippen LogP contribution in [0.25, 0.3) is 0 Å². The standard InChI is InChI=1S/C13H23N5/c1-2-7-15-11-8-12(18-13(14)17-11)16-9-10-5-3-4-6-10/h8,10H,2-7,9H2,1H3,(H4,14,15,16,17,18). The van der Waals surface area contributed by atoms with Gasteiger partial charge in [-0.1, -0.05) is 19.8 Å². The van der Waals surface area contributed by atoms with Crippen LogP contribution < -0.4 is 16.4 Å². The van der Waals surface area contributed by atoms with E-state index in [4.69, 9.17) is 5.73 Å². The Morgan fingerprint density at radius 3 is 2.56 bits per heavy atom. The fraction of sp³-hybridized carbons (Fsp3) is 0.692. The van der Waals surface area contributed by atoms with Crippen molar-refractivity contribution >= 4 is 17.6 Å². The second-order valence-corrected chi connectivity index (χ2v) is 4.95. The zero-order chi connectivity index (χ0) is 12.8. The molecule has 1 aromatic heterocycles. The van der Waals surface area contributed by atoms with Crippen molar-refractivity contribution in [2.24, 2.45) is 5.92 Å². The maximum atomic E-state index is 5.71. The maximum Gasteiger partial charge on any atom is 0.223 e. The van der Waals surface area contributed by atoms with Crippen LogP contribution in [0.1, 0.15) is 39.0 Å². The third kappa shape index (κ3) is 3.75. The van der Waals surface area contributed by atoms with Crippen LogP contribution in [0.5, 0.6) is 0 Å². The third-order valence-electron chi connectivity index (χ3n) is 3.35. The van der Waals surface area contributed by atoms with Crippen molar-refractivity contribution in [2.45, 2.75) is 39.0 Å². The summed E-state index contributed by atoms with van der Waals surface area (Å²) in [5.41, 5.74) is 5.71. The number of aromatic nitrogens is 2. The number of nitrogens with zero attached hydrogens (tertiary/aromatic N) is 2. The average Bonchev–Trinajstić information content (AvgIpc) is 2.86. The third-order valence-corrected chi connectivity index (χ3v) is 3.35. The number of nitrogen functional groups attached to an aromatic ring is 1.